The van der Waals surface area contributed by atoms with Crippen molar-refractivity contribution in [2.75, 3.05) is 0 Å². The Hall–Kier alpha value is -3.82. The minimum Gasteiger partial charge on any atom is -0.0620 e. The number of hydrogen-bond acceptors (Lipinski definition) is 0. The molecule has 0 heterocycles. The van der Waals surface area contributed by atoms with E-state index in [2.05, 4.69) is 173 Å². The first kappa shape index (κ1) is 28.3. The molecule has 42 heavy (non-hydrogen) atoms. The molecule has 0 atom stereocenters. The average molecular weight is 579 g/mol. The van der Waals surface area contributed by atoms with E-state index >= 15 is 0 Å². The molecule has 0 saturated heterocycles. The largest absolute Gasteiger partial charge is 0.0620 e. The van der Waals surface area contributed by atoms with E-state index in [1.165, 1.54) is 65.2 Å². The van der Waals surface area contributed by atoms with Gasteiger partial charge in [0.25, 0.3) is 0 Å². The summed E-state index contributed by atoms with van der Waals surface area (Å²) in [5.74, 6) is 0. The maximum absolute atomic E-state index is 2.35. The van der Waals surface area contributed by atoms with Crippen molar-refractivity contribution in [3.63, 3.8) is 0 Å². The van der Waals surface area contributed by atoms with Crippen molar-refractivity contribution in [1.82, 2.24) is 0 Å². The quantitative estimate of drug-likeness (QED) is 0.168. The molecule has 0 bridgehead atoms. The number of hydrogen-bond donors (Lipinski definition) is 0. The summed E-state index contributed by atoms with van der Waals surface area (Å²) in [4.78, 5) is 0. The van der Waals surface area contributed by atoms with Crippen LogP contribution in [0.4, 0.5) is 0 Å². The number of benzene rings is 6. The maximum Gasteiger partial charge on any atom is -0.0122 e. The second-order valence-electron chi connectivity index (χ2n) is 10.9. The third kappa shape index (κ3) is 5.76. The summed E-state index contributed by atoms with van der Waals surface area (Å²) in [6, 6.07) is 54.1. The minimum absolute atomic E-state index is 0.638. The Morgan fingerprint density at radius 2 is 0.524 bits per heavy atom. The van der Waals surface area contributed by atoms with Crippen LogP contribution in [0.3, 0.4) is 0 Å². The fourth-order valence-electron chi connectivity index (χ4n) is 5.68. The first-order valence-electron chi connectivity index (χ1n) is 14.5. The fraction of sp³-hybridized carbons (Fsp3) is 0.100. The van der Waals surface area contributed by atoms with Crippen molar-refractivity contribution >= 4 is 47.7 Å². The molecule has 0 saturated carbocycles. The van der Waals surface area contributed by atoms with Crippen molar-refractivity contribution in [3.05, 3.63) is 168 Å². The SMILES string of the molecule is Cc1ccccc1P(c1ccc(-c2ccc(P(c3ccccc3C)c3ccccc3C)cc2)cc1)c1ccccc1C. The van der Waals surface area contributed by atoms with Crippen molar-refractivity contribution in [2.24, 2.45) is 0 Å². The summed E-state index contributed by atoms with van der Waals surface area (Å²) in [6.45, 7) is 8.95. The van der Waals surface area contributed by atoms with Crippen LogP contribution in [0.2, 0.25) is 0 Å². The van der Waals surface area contributed by atoms with Crippen LogP contribution in [-0.2, 0) is 0 Å². The second-order valence-corrected chi connectivity index (χ2v) is 15.2. The van der Waals surface area contributed by atoms with E-state index in [9.17, 15) is 0 Å². The second kappa shape index (κ2) is 12.6. The lowest BCUT2D eigenvalue weighted by Gasteiger charge is -2.23. The highest BCUT2D eigenvalue weighted by Crippen LogP contribution is 2.37. The van der Waals surface area contributed by atoms with Gasteiger partial charge in [0.1, 0.15) is 0 Å². The maximum atomic E-state index is 2.35. The van der Waals surface area contributed by atoms with Crippen molar-refractivity contribution in [1.29, 1.82) is 0 Å². The summed E-state index contributed by atoms with van der Waals surface area (Å²) >= 11 is 0. The summed E-state index contributed by atoms with van der Waals surface area (Å²) in [7, 11) is -1.28. The number of rotatable bonds is 7. The van der Waals surface area contributed by atoms with E-state index in [4.69, 9.17) is 0 Å². The Kier molecular flexibility index (Phi) is 8.48. The Labute approximate surface area is 253 Å². The lowest BCUT2D eigenvalue weighted by Crippen LogP contribution is -2.24. The molecule has 0 aromatic heterocycles. The van der Waals surface area contributed by atoms with Gasteiger partial charge < -0.3 is 0 Å². The molecule has 2 heteroatoms. The normalized spacial score (nSPS) is 11.3. The predicted molar refractivity (Wildman–Crippen MR) is 188 cm³/mol. The molecule has 0 spiro atoms. The van der Waals surface area contributed by atoms with Gasteiger partial charge in [0, 0.05) is 0 Å². The fourth-order valence-corrected chi connectivity index (χ4v) is 10.9. The predicted octanol–water partition coefficient (Wildman–Crippen LogP) is 8.10. The third-order valence-corrected chi connectivity index (χ3v) is 13.6. The first-order chi connectivity index (χ1) is 20.5. The van der Waals surface area contributed by atoms with Gasteiger partial charge in [0.2, 0.25) is 0 Å². The zero-order valence-corrected chi connectivity index (χ0v) is 26.5. The molecular weight excluding hydrogens is 542 g/mol. The minimum atomic E-state index is -0.638. The first-order valence-corrected chi connectivity index (χ1v) is 17.2. The molecule has 0 nitrogen and oxygen atoms in total. The van der Waals surface area contributed by atoms with Crippen molar-refractivity contribution < 1.29 is 0 Å². The van der Waals surface area contributed by atoms with E-state index in [0.29, 0.717) is 0 Å². The summed E-state index contributed by atoms with van der Waals surface area (Å²) < 4.78 is 0. The van der Waals surface area contributed by atoms with Crippen LogP contribution in [0, 0.1) is 27.7 Å². The lowest BCUT2D eigenvalue weighted by molar-refractivity contribution is 1.50. The Morgan fingerprint density at radius 1 is 0.286 bits per heavy atom. The molecule has 0 amide bonds. The van der Waals surface area contributed by atoms with Crippen LogP contribution in [0.15, 0.2) is 146 Å². The van der Waals surface area contributed by atoms with Crippen LogP contribution < -0.4 is 31.8 Å². The molecule has 6 rings (SSSR count). The zero-order chi connectivity index (χ0) is 29.1. The van der Waals surface area contributed by atoms with Gasteiger partial charge in [-0.3, -0.25) is 0 Å². The van der Waals surface area contributed by atoms with Crippen LogP contribution >= 0.6 is 15.8 Å². The smallest absolute Gasteiger partial charge is 0.0122 e. The molecule has 6 aromatic carbocycles. The van der Waals surface area contributed by atoms with Gasteiger partial charge in [0.15, 0.2) is 0 Å². The monoisotopic (exact) mass is 578 g/mol. The molecule has 0 aliphatic heterocycles. The van der Waals surface area contributed by atoms with Gasteiger partial charge >= 0.3 is 0 Å². The van der Waals surface area contributed by atoms with E-state index in [-0.39, 0.29) is 0 Å². The van der Waals surface area contributed by atoms with Gasteiger partial charge in [-0.15, -0.1) is 0 Å². The van der Waals surface area contributed by atoms with E-state index in [0.717, 1.165) is 0 Å². The summed E-state index contributed by atoms with van der Waals surface area (Å²) in [6.07, 6.45) is 0. The Balaban J connectivity index is 1.36. The molecule has 6 aromatic rings. The third-order valence-electron chi connectivity index (χ3n) is 8.01. The number of aryl methyl sites for hydroxylation is 4. The Bertz CT molecular complexity index is 1590. The lowest BCUT2D eigenvalue weighted by atomic mass is 10.1. The molecular formula is C40H36P2. The highest BCUT2D eigenvalue weighted by Gasteiger charge is 2.21. The molecule has 0 unspecified atom stereocenters. The van der Waals surface area contributed by atoms with Crippen LogP contribution in [0.25, 0.3) is 11.1 Å². The topological polar surface area (TPSA) is 0 Å². The van der Waals surface area contributed by atoms with E-state index in [1.54, 1.807) is 0 Å². The molecule has 206 valence electrons. The van der Waals surface area contributed by atoms with Gasteiger partial charge in [-0.25, -0.2) is 0 Å². The summed E-state index contributed by atoms with van der Waals surface area (Å²) in [5.41, 5.74) is 7.92. The van der Waals surface area contributed by atoms with E-state index < -0.39 is 15.8 Å². The average Bonchev–Trinajstić information content (AvgIpc) is 3.02. The zero-order valence-electron chi connectivity index (χ0n) is 24.8. The molecule has 0 aliphatic carbocycles. The van der Waals surface area contributed by atoms with Gasteiger partial charge in [-0.1, -0.05) is 146 Å². The van der Waals surface area contributed by atoms with E-state index in [1.807, 2.05) is 0 Å². The highest BCUT2D eigenvalue weighted by molar-refractivity contribution is 7.80. The van der Waals surface area contributed by atoms with Crippen molar-refractivity contribution in [3.8, 4) is 11.1 Å². The standard InChI is InChI=1S/C40H36P2/c1-29-13-5-9-17-37(29)41(38-18-10-6-14-30(38)2)35-25-21-33(22-26-35)34-23-27-36(28-24-34)42(39-19-11-7-15-31(39)3)40-20-12-8-16-32(40)4/h5-28H,1-4H3. The van der Waals surface area contributed by atoms with Gasteiger partial charge in [-0.05, 0) is 109 Å². The van der Waals surface area contributed by atoms with Crippen LogP contribution in [0.1, 0.15) is 22.3 Å². The molecule has 0 fully saturated rings. The van der Waals surface area contributed by atoms with Crippen LogP contribution in [-0.4, -0.2) is 0 Å². The summed E-state index contributed by atoms with van der Waals surface area (Å²) in [5, 5.41) is 8.49. The van der Waals surface area contributed by atoms with Crippen molar-refractivity contribution in [2.45, 2.75) is 27.7 Å². The van der Waals surface area contributed by atoms with Crippen LogP contribution in [0.5, 0.6) is 0 Å². The molecule has 0 N–H and O–H groups in total. The Morgan fingerprint density at radius 3 is 0.762 bits per heavy atom. The molecule has 0 aliphatic rings. The molecule has 0 radical (unpaired) electrons. The highest BCUT2D eigenvalue weighted by atomic mass is 31.1. The van der Waals surface area contributed by atoms with Gasteiger partial charge in [0.05, 0.1) is 0 Å². The van der Waals surface area contributed by atoms with Gasteiger partial charge in [-0.2, -0.15) is 0 Å².